The van der Waals surface area contributed by atoms with E-state index in [1.165, 1.54) is 32.1 Å². The predicted molar refractivity (Wildman–Crippen MR) is 76.5 cm³/mol. The van der Waals surface area contributed by atoms with E-state index in [1.807, 2.05) is 19.1 Å². The van der Waals surface area contributed by atoms with Gasteiger partial charge in [-0.3, -0.25) is 0 Å². The van der Waals surface area contributed by atoms with Crippen LogP contribution in [0.4, 0.5) is 0 Å². The average Bonchev–Trinajstić information content (AvgIpc) is 2.75. The first-order valence-corrected chi connectivity index (χ1v) is 7.22. The summed E-state index contributed by atoms with van der Waals surface area (Å²) in [5.74, 6) is 2.82. The molecule has 0 aliphatic heterocycles. The molecule has 0 saturated carbocycles. The van der Waals surface area contributed by atoms with E-state index in [2.05, 4.69) is 12.2 Å². The molecule has 0 aliphatic rings. The molecule has 1 atom stereocenters. The summed E-state index contributed by atoms with van der Waals surface area (Å²) in [5, 5.41) is 3.43. The third-order valence-electron chi connectivity index (χ3n) is 3.33. The molecule has 0 aromatic carbocycles. The molecule has 0 saturated heterocycles. The first-order valence-electron chi connectivity index (χ1n) is 7.22. The fourth-order valence-electron chi connectivity index (χ4n) is 2.38. The van der Waals surface area contributed by atoms with Crippen molar-refractivity contribution < 1.29 is 4.42 Å². The molecule has 0 aliphatic carbocycles. The minimum atomic E-state index is 0.813. The number of aryl methyl sites for hydroxylation is 1. The number of nitrogens with one attached hydrogen (secondary N) is 1. The number of furan rings is 1. The second-order valence-electron chi connectivity index (χ2n) is 5.06. The zero-order valence-electron chi connectivity index (χ0n) is 11.9. The van der Waals surface area contributed by atoms with Crippen LogP contribution in [-0.2, 0) is 6.54 Å². The number of nitrogens with two attached hydrogens (primary N) is 1. The molecule has 104 valence electrons. The first kappa shape index (κ1) is 15.3. The van der Waals surface area contributed by atoms with Crippen LogP contribution in [0.15, 0.2) is 16.5 Å². The minimum absolute atomic E-state index is 0.813. The summed E-state index contributed by atoms with van der Waals surface area (Å²) < 4.78 is 5.51. The second-order valence-corrected chi connectivity index (χ2v) is 5.06. The third kappa shape index (κ3) is 6.22. The molecule has 3 N–H and O–H groups in total. The topological polar surface area (TPSA) is 51.2 Å². The number of hydrogen-bond donors (Lipinski definition) is 2. The van der Waals surface area contributed by atoms with Gasteiger partial charge in [0.1, 0.15) is 11.5 Å². The molecule has 1 rings (SSSR count). The Kier molecular flexibility index (Phi) is 7.78. The Bertz CT molecular complexity index is 303. The van der Waals surface area contributed by atoms with Crippen molar-refractivity contribution in [2.45, 2.75) is 52.5 Å². The Morgan fingerprint density at radius 2 is 2.11 bits per heavy atom. The Labute approximate surface area is 111 Å². The fraction of sp³-hybridized carbons (Fsp3) is 0.733. The SMILES string of the molecule is CCCC(CCN)CCCNCc1ccc(C)o1. The van der Waals surface area contributed by atoms with E-state index in [0.717, 1.165) is 37.1 Å². The van der Waals surface area contributed by atoms with Gasteiger partial charge in [-0.25, -0.2) is 0 Å². The standard InChI is InChI=1S/C15H28N2O/c1-3-5-14(9-10-16)6-4-11-17-12-15-8-7-13(2)18-15/h7-8,14,17H,3-6,9-12,16H2,1-2H3. The molecule has 1 aromatic heterocycles. The molecule has 1 heterocycles. The smallest absolute Gasteiger partial charge is 0.117 e. The van der Waals surface area contributed by atoms with E-state index in [4.69, 9.17) is 10.2 Å². The van der Waals surface area contributed by atoms with Gasteiger partial charge in [-0.05, 0) is 57.3 Å². The van der Waals surface area contributed by atoms with Gasteiger partial charge >= 0.3 is 0 Å². The monoisotopic (exact) mass is 252 g/mol. The highest BCUT2D eigenvalue weighted by Crippen LogP contribution is 2.16. The highest BCUT2D eigenvalue weighted by molar-refractivity contribution is 5.04. The Morgan fingerprint density at radius 1 is 1.28 bits per heavy atom. The van der Waals surface area contributed by atoms with Crippen LogP contribution in [0.25, 0.3) is 0 Å². The van der Waals surface area contributed by atoms with Gasteiger partial charge < -0.3 is 15.5 Å². The van der Waals surface area contributed by atoms with Crippen molar-refractivity contribution in [3.8, 4) is 0 Å². The van der Waals surface area contributed by atoms with Crippen LogP contribution >= 0.6 is 0 Å². The van der Waals surface area contributed by atoms with Crippen molar-refractivity contribution in [3.05, 3.63) is 23.7 Å². The van der Waals surface area contributed by atoms with Gasteiger partial charge in [0, 0.05) is 0 Å². The lowest BCUT2D eigenvalue weighted by atomic mass is 9.94. The fourth-order valence-corrected chi connectivity index (χ4v) is 2.38. The molecule has 3 heteroatoms. The summed E-state index contributed by atoms with van der Waals surface area (Å²) in [6.07, 6.45) is 6.27. The second kappa shape index (κ2) is 9.17. The molecule has 0 bridgehead atoms. The molecular formula is C15H28N2O. The highest BCUT2D eigenvalue weighted by Gasteiger charge is 2.06. The molecule has 1 aromatic rings. The van der Waals surface area contributed by atoms with Crippen molar-refractivity contribution in [2.75, 3.05) is 13.1 Å². The van der Waals surface area contributed by atoms with Gasteiger partial charge in [-0.15, -0.1) is 0 Å². The van der Waals surface area contributed by atoms with Crippen molar-refractivity contribution in [1.29, 1.82) is 0 Å². The number of rotatable bonds is 10. The highest BCUT2D eigenvalue weighted by atomic mass is 16.3. The Morgan fingerprint density at radius 3 is 2.72 bits per heavy atom. The largest absolute Gasteiger partial charge is 0.465 e. The molecule has 0 radical (unpaired) electrons. The van der Waals surface area contributed by atoms with E-state index >= 15 is 0 Å². The van der Waals surface area contributed by atoms with E-state index in [9.17, 15) is 0 Å². The molecule has 1 unspecified atom stereocenters. The lowest BCUT2D eigenvalue weighted by molar-refractivity contribution is 0.398. The van der Waals surface area contributed by atoms with Crippen LogP contribution in [0.2, 0.25) is 0 Å². The molecule has 0 fully saturated rings. The summed E-state index contributed by atoms with van der Waals surface area (Å²) >= 11 is 0. The van der Waals surface area contributed by atoms with Crippen molar-refractivity contribution >= 4 is 0 Å². The van der Waals surface area contributed by atoms with Gasteiger partial charge in [0.15, 0.2) is 0 Å². The first-order chi connectivity index (χ1) is 8.76. The summed E-state index contributed by atoms with van der Waals surface area (Å²) in [6, 6.07) is 4.05. The Hall–Kier alpha value is -0.800. The molecule has 3 nitrogen and oxygen atoms in total. The van der Waals surface area contributed by atoms with Crippen LogP contribution in [-0.4, -0.2) is 13.1 Å². The van der Waals surface area contributed by atoms with Gasteiger partial charge in [-0.1, -0.05) is 19.8 Å². The third-order valence-corrected chi connectivity index (χ3v) is 3.33. The normalized spacial score (nSPS) is 12.8. The van der Waals surface area contributed by atoms with Crippen LogP contribution in [0.3, 0.4) is 0 Å². The average molecular weight is 252 g/mol. The lowest BCUT2D eigenvalue weighted by Gasteiger charge is -2.14. The van der Waals surface area contributed by atoms with Crippen LogP contribution in [0.5, 0.6) is 0 Å². The Balaban J connectivity index is 2.06. The predicted octanol–water partition coefficient (Wildman–Crippen LogP) is 3.22. The van der Waals surface area contributed by atoms with E-state index < -0.39 is 0 Å². The van der Waals surface area contributed by atoms with Gasteiger partial charge in [0.25, 0.3) is 0 Å². The van der Waals surface area contributed by atoms with Gasteiger partial charge in [-0.2, -0.15) is 0 Å². The lowest BCUT2D eigenvalue weighted by Crippen LogP contribution is -2.16. The van der Waals surface area contributed by atoms with Gasteiger partial charge in [0.05, 0.1) is 6.54 Å². The molecule has 18 heavy (non-hydrogen) atoms. The minimum Gasteiger partial charge on any atom is -0.465 e. The summed E-state index contributed by atoms with van der Waals surface area (Å²) in [6.45, 7) is 6.95. The zero-order valence-corrected chi connectivity index (χ0v) is 11.9. The number of hydrogen-bond acceptors (Lipinski definition) is 3. The van der Waals surface area contributed by atoms with Gasteiger partial charge in [0.2, 0.25) is 0 Å². The quantitative estimate of drug-likeness (QED) is 0.629. The molecule has 0 amide bonds. The summed E-state index contributed by atoms with van der Waals surface area (Å²) in [4.78, 5) is 0. The van der Waals surface area contributed by atoms with Crippen LogP contribution < -0.4 is 11.1 Å². The van der Waals surface area contributed by atoms with Crippen molar-refractivity contribution in [3.63, 3.8) is 0 Å². The van der Waals surface area contributed by atoms with Crippen molar-refractivity contribution in [2.24, 2.45) is 11.7 Å². The summed E-state index contributed by atoms with van der Waals surface area (Å²) in [7, 11) is 0. The molecular weight excluding hydrogens is 224 g/mol. The summed E-state index contributed by atoms with van der Waals surface area (Å²) in [5.41, 5.74) is 5.64. The maximum absolute atomic E-state index is 5.64. The molecule has 0 spiro atoms. The van der Waals surface area contributed by atoms with E-state index in [1.54, 1.807) is 0 Å². The van der Waals surface area contributed by atoms with E-state index in [-0.39, 0.29) is 0 Å². The van der Waals surface area contributed by atoms with Crippen molar-refractivity contribution in [1.82, 2.24) is 5.32 Å². The van der Waals surface area contributed by atoms with Crippen LogP contribution in [0.1, 0.15) is 50.5 Å². The maximum atomic E-state index is 5.64. The van der Waals surface area contributed by atoms with E-state index in [0.29, 0.717) is 0 Å². The maximum Gasteiger partial charge on any atom is 0.117 e. The van der Waals surface area contributed by atoms with Crippen LogP contribution in [0, 0.1) is 12.8 Å². The zero-order chi connectivity index (χ0) is 13.2.